The van der Waals surface area contributed by atoms with Gasteiger partial charge in [-0.3, -0.25) is 4.79 Å². The quantitative estimate of drug-likeness (QED) is 0.858. The standard InChI is InChI=1S/C19H21NO3/c1-13-3-8-16(9-4-13)14(2)20-18(21)12-7-15-5-10-17(11-6-15)19(22)23/h3-6,8-11,14H,7,12H2,1-2H3,(H,20,21)(H,22,23). The number of amides is 1. The van der Waals surface area contributed by atoms with Crippen molar-refractivity contribution >= 4 is 11.9 Å². The smallest absolute Gasteiger partial charge is 0.335 e. The zero-order valence-electron chi connectivity index (χ0n) is 13.4. The van der Waals surface area contributed by atoms with Crippen molar-refractivity contribution in [3.05, 3.63) is 70.8 Å². The molecule has 0 saturated heterocycles. The lowest BCUT2D eigenvalue weighted by Gasteiger charge is -2.14. The second-order valence-electron chi connectivity index (χ2n) is 5.70. The van der Waals surface area contributed by atoms with E-state index in [0.29, 0.717) is 12.8 Å². The summed E-state index contributed by atoms with van der Waals surface area (Å²) in [6.45, 7) is 3.99. The molecular formula is C19H21NO3. The summed E-state index contributed by atoms with van der Waals surface area (Å²) < 4.78 is 0. The van der Waals surface area contributed by atoms with Gasteiger partial charge in [-0.1, -0.05) is 42.0 Å². The number of carbonyl (C=O) groups is 2. The van der Waals surface area contributed by atoms with Crippen molar-refractivity contribution < 1.29 is 14.7 Å². The zero-order valence-corrected chi connectivity index (χ0v) is 13.4. The van der Waals surface area contributed by atoms with Crippen molar-refractivity contribution in [3.8, 4) is 0 Å². The van der Waals surface area contributed by atoms with Gasteiger partial charge in [-0.25, -0.2) is 4.79 Å². The Morgan fingerprint density at radius 3 is 2.22 bits per heavy atom. The largest absolute Gasteiger partial charge is 0.478 e. The van der Waals surface area contributed by atoms with Crippen LogP contribution in [0.2, 0.25) is 0 Å². The van der Waals surface area contributed by atoms with E-state index >= 15 is 0 Å². The Kier molecular flexibility index (Phi) is 5.52. The fraction of sp³-hybridized carbons (Fsp3) is 0.263. The van der Waals surface area contributed by atoms with Crippen LogP contribution in [0, 0.1) is 6.92 Å². The molecule has 0 saturated carbocycles. The van der Waals surface area contributed by atoms with Crippen LogP contribution in [0.4, 0.5) is 0 Å². The van der Waals surface area contributed by atoms with Gasteiger partial charge in [-0.15, -0.1) is 0 Å². The molecule has 2 rings (SSSR count). The lowest BCUT2D eigenvalue weighted by molar-refractivity contribution is -0.121. The Morgan fingerprint density at radius 2 is 1.65 bits per heavy atom. The van der Waals surface area contributed by atoms with E-state index in [0.717, 1.165) is 11.1 Å². The predicted octanol–water partition coefficient (Wildman–Crippen LogP) is 3.50. The van der Waals surface area contributed by atoms with Gasteiger partial charge in [0.15, 0.2) is 0 Å². The van der Waals surface area contributed by atoms with Gasteiger partial charge in [0, 0.05) is 6.42 Å². The van der Waals surface area contributed by atoms with Crippen LogP contribution in [0.15, 0.2) is 48.5 Å². The molecule has 2 N–H and O–H groups in total. The number of carboxylic acid groups (broad SMARTS) is 1. The lowest BCUT2D eigenvalue weighted by atomic mass is 10.1. The number of rotatable bonds is 6. The highest BCUT2D eigenvalue weighted by molar-refractivity contribution is 5.87. The Hall–Kier alpha value is -2.62. The highest BCUT2D eigenvalue weighted by Crippen LogP contribution is 2.13. The summed E-state index contributed by atoms with van der Waals surface area (Å²) in [5.74, 6) is -0.957. The number of hydrogen-bond donors (Lipinski definition) is 2. The Morgan fingerprint density at radius 1 is 1.04 bits per heavy atom. The van der Waals surface area contributed by atoms with E-state index in [1.165, 1.54) is 5.56 Å². The molecule has 0 bridgehead atoms. The van der Waals surface area contributed by atoms with Crippen molar-refractivity contribution in [2.24, 2.45) is 0 Å². The molecule has 1 unspecified atom stereocenters. The first-order valence-electron chi connectivity index (χ1n) is 7.64. The van der Waals surface area contributed by atoms with Crippen LogP contribution in [0.3, 0.4) is 0 Å². The Bertz CT molecular complexity index is 675. The van der Waals surface area contributed by atoms with Gasteiger partial charge in [0.2, 0.25) is 5.91 Å². The predicted molar refractivity (Wildman–Crippen MR) is 89.5 cm³/mol. The lowest BCUT2D eigenvalue weighted by Crippen LogP contribution is -2.26. The summed E-state index contributed by atoms with van der Waals surface area (Å²) in [4.78, 5) is 22.8. The van der Waals surface area contributed by atoms with Gasteiger partial charge in [0.25, 0.3) is 0 Å². The average molecular weight is 311 g/mol. The second-order valence-corrected chi connectivity index (χ2v) is 5.70. The van der Waals surface area contributed by atoms with Crippen LogP contribution in [0.1, 0.15) is 46.4 Å². The van der Waals surface area contributed by atoms with E-state index in [2.05, 4.69) is 5.32 Å². The van der Waals surface area contributed by atoms with E-state index in [-0.39, 0.29) is 17.5 Å². The SMILES string of the molecule is Cc1ccc(C(C)NC(=O)CCc2ccc(C(=O)O)cc2)cc1. The van der Waals surface area contributed by atoms with Gasteiger partial charge < -0.3 is 10.4 Å². The van der Waals surface area contributed by atoms with Crippen LogP contribution in [0.5, 0.6) is 0 Å². The maximum absolute atomic E-state index is 12.0. The number of hydrogen-bond acceptors (Lipinski definition) is 2. The van der Waals surface area contributed by atoms with Crippen LogP contribution in [-0.4, -0.2) is 17.0 Å². The number of aromatic carboxylic acids is 1. The third kappa shape index (κ3) is 4.95. The van der Waals surface area contributed by atoms with Gasteiger partial charge in [0.05, 0.1) is 11.6 Å². The first-order valence-corrected chi connectivity index (χ1v) is 7.64. The van der Waals surface area contributed by atoms with Crippen LogP contribution >= 0.6 is 0 Å². The van der Waals surface area contributed by atoms with Gasteiger partial charge in [0.1, 0.15) is 0 Å². The molecule has 0 fully saturated rings. The van der Waals surface area contributed by atoms with Crippen molar-refractivity contribution in [1.82, 2.24) is 5.32 Å². The Labute approximate surface area is 136 Å². The van der Waals surface area contributed by atoms with Crippen LogP contribution < -0.4 is 5.32 Å². The highest BCUT2D eigenvalue weighted by Gasteiger charge is 2.10. The topological polar surface area (TPSA) is 66.4 Å². The molecule has 1 atom stereocenters. The summed E-state index contributed by atoms with van der Waals surface area (Å²) in [6, 6.07) is 14.7. The van der Waals surface area contributed by atoms with E-state index in [1.54, 1.807) is 24.3 Å². The molecule has 0 aliphatic heterocycles. The normalized spacial score (nSPS) is 11.7. The molecule has 120 valence electrons. The van der Waals surface area contributed by atoms with Crippen LogP contribution in [-0.2, 0) is 11.2 Å². The first-order chi connectivity index (χ1) is 11.0. The third-order valence-electron chi connectivity index (χ3n) is 3.80. The third-order valence-corrected chi connectivity index (χ3v) is 3.80. The summed E-state index contributed by atoms with van der Waals surface area (Å²) >= 11 is 0. The van der Waals surface area contributed by atoms with E-state index in [4.69, 9.17) is 5.11 Å². The minimum atomic E-state index is -0.943. The van der Waals surface area contributed by atoms with Crippen LogP contribution in [0.25, 0.3) is 0 Å². The van der Waals surface area contributed by atoms with Crippen molar-refractivity contribution in [2.45, 2.75) is 32.7 Å². The maximum atomic E-state index is 12.0. The van der Waals surface area contributed by atoms with Gasteiger partial charge in [-0.2, -0.15) is 0 Å². The van der Waals surface area contributed by atoms with E-state index in [1.807, 2.05) is 38.1 Å². The monoisotopic (exact) mass is 311 g/mol. The minimum Gasteiger partial charge on any atom is -0.478 e. The molecule has 23 heavy (non-hydrogen) atoms. The molecule has 2 aromatic carbocycles. The maximum Gasteiger partial charge on any atom is 0.335 e. The Balaban J connectivity index is 1.84. The molecule has 4 heteroatoms. The first kappa shape index (κ1) is 16.7. The summed E-state index contributed by atoms with van der Waals surface area (Å²) in [6.07, 6.45) is 0.967. The minimum absolute atomic E-state index is 0.0135. The van der Waals surface area contributed by atoms with Gasteiger partial charge >= 0.3 is 5.97 Å². The van der Waals surface area contributed by atoms with E-state index < -0.39 is 5.97 Å². The zero-order chi connectivity index (χ0) is 16.8. The molecule has 1 amide bonds. The molecule has 4 nitrogen and oxygen atoms in total. The fourth-order valence-electron chi connectivity index (χ4n) is 2.32. The van der Waals surface area contributed by atoms with Crippen molar-refractivity contribution in [1.29, 1.82) is 0 Å². The number of carbonyl (C=O) groups excluding carboxylic acids is 1. The number of aryl methyl sites for hydroxylation is 2. The van der Waals surface area contributed by atoms with Gasteiger partial charge in [-0.05, 0) is 43.5 Å². The molecule has 0 aromatic heterocycles. The molecule has 2 aromatic rings. The number of carboxylic acids is 1. The molecule has 0 aliphatic rings. The number of benzene rings is 2. The highest BCUT2D eigenvalue weighted by atomic mass is 16.4. The molecular weight excluding hydrogens is 290 g/mol. The van der Waals surface area contributed by atoms with E-state index in [9.17, 15) is 9.59 Å². The second kappa shape index (κ2) is 7.58. The fourth-order valence-corrected chi connectivity index (χ4v) is 2.32. The molecule has 0 radical (unpaired) electrons. The van der Waals surface area contributed by atoms with Crippen molar-refractivity contribution in [2.75, 3.05) is 0 Å². The summed E-state index contributed by atoms with van der Waals surface area (Å²) in [7, 11) is 0. The number of nitrogens with one attached hydrogen (secondary N) is 1. The summed E-state index contributed by atoms with van der Waals surface area (Å²) in [5.41, 5.74) is 3.48. The average Bonchev–Trinajstić information content (AvgIpc) is 2.54. The molecule has 0 heterocycles. The molecule has 0 spiro atoms. The summed E-state index contributed by atoms with van der Waals surface area (Å²) in [5, 5.41) is 11.8. The molecule has 0 aliphatic carbocycles. The van der Waals surface area contributed by atoms with Crippen molar-refractivity contribution in [3.63, 3.8) is 0 Å².